The predicted octanol–water partition coefficient (Wildman–Crippen LogP) is 1.54. The van der Waals surface area contributed by atoms with Gasteiger partial charge in [-0.3, -0.25) is 19.5 Å². The Balaban J connectivity index is 2.43. The van der Waals surface area contributed by atoms with Crippen molar-refractivity contribution >= 4 is 23.6 Å². The summed E-state index contributed by atoms with van der Waals surface area (Å²) in [5.74, 6) is -1.51. The molecule has 0 fully saturated rings. The Bertz CT molecular complexity index is 795. The molecule has 8 heteroatoms. The number of esters is 1. The minimum absolute atomic E-state index is 0.0324. The molecule has 1 amide bonds. The summed E-state index contributed by atoms with van der Waals surface area (Å²) in [5, 5.41) is 5.20. The average molecular weight is 363 g/mol. The van der Waals surface area contributed by atoms with Gasteiger partial charge in [-0.05, 0) is 30.9 Å². The van der Waals surface area contributed by atoms with Gasteiger partial charge in [0.15, 0.2) is 0 Å². The van der Waals surface area contributed by atoms with E-state index in [1.165, 1.54) is 0 Å². The SMILES string of the molecule is CCOC(=O)Cc1[nH][nH]c(=O)c1[C@@H](CC(N)=O)c1ccc(SC)cc1. The maximum Gasteiger partial charge on any atom is 0.311 e. The summed E-state index contributed by atoms with van der Waals surface area (Å²) < 4.78 is 4.94. The molecule has 0 radical (unpaired) electrons. The van der Waals surface area contributed by atoms with Gasteiger partial charge in [-0.1, -0.05) is 12.1 Å². The van der Waals surface area contributed by atoms with Crippen LogP contribution < -0.4 is 11.3 Å². The highest BCUT2D eigenvalue weighted by Crippen LogP contribution is 2.29. The maximum atomic E-state index is 12.3. The van der Waals surface area contributed by atoms with E-state index in [9.17, 15) is 14.4 Å². The molecule has 0 saturated heterocycles. The van der Waals surface area contributed by atoms with Crippen molar-refractivity contribution in [2.24, 2.45) is 5.73 Å². The minimum atomic E-state index is -0.534. The molecule has 7 nitrogen and oxygen atoms in total. The van der Waals surface area contributed by atoms with Crippen molar-refractivity contribution in [3.8, 4) is 0 Å². The standard InChI is InChI=1S/C17H21N3O4S/c1-3-24-15(22)9-13-16(17(23)20-19-13)12(8-14(18)21)10-4-6-11(25-2)7-5-10/h4-7,12H,3,8-9H2,1-2H3,(H2,18,21)(H2,19,20,23)/t12-/m0/s1. The molecule has 25 heavy (non-hydrogen) atoms. The van der Waals surface area contributed by atoms with Gasteiger partial charge in [0.05, 0.1) is 18.7 Å². The van der Waals surface area contributed by atoms with Crippen LogP contribution in [0.3, 0.4) is 0 Å². The highest BCUT2D eigenvalue weighted by atomic mass is 32.2. The fourth-order valence-corrected chi connectivity index (χ4v) is 3.10. The van der Waals surface area contributed by atoms with Crippen molar-refractivity contribution in [2.75, 3.05) is 12.9 Å². The van der Waals surface area contributed by atoms with Crippen LogP contribution in [0.1, 0.15) is 36.1 Å². The number of nitrogens with one attached hydrogen (secondary N) is 2. The van der Waals surface area contributed by atoms with Gasteiger partial charge in [-0.2, -0.15) is 0 Å². The normalized spacial score (nSPS) is 11.9. The van der Waals surface area contributed by atoms with Crippen LogP contribution in [0.15, 0.2) is 34.0 Å². The summed E-state index contributed by atoms with van der Waals surface area (Å²) in [7, 11) is 0. The molecular weight excluding hydrogens is 342 g/mol. The summed E-state index contributed by atoms with van der Waals surface area (Å²) in [6.07, 6.45) is 1.85. The predicted molar refractivity (Wildman–Crippen MR) is 95.6 cm³/mol. The number of primary amides is 1. The Labute approximate surface area is 149 Å². The first kappa shape index (κ1) is 18.9. The lowest BCUT2D eigenvalue weighted by Crippen LogP contribution is -2.21. The van der Waals surface area contributed by atoms with E-state index < -0.39 is 17.8 Å². The van der Waals surface area contributed by atoms with E-state index in [2.05, 4.69) is 10.2 Å². The molecule has 0 saturated carbocycles. The third-order valence-corrected chi connectivity index (χ3v) is 4.54. The second-order valence-electron chi connectivity index (χ2n) is 5.45. The molecule has 0 unspecified atom stereocenters. The van der Waals surface area contributed by atoms with Gasteiger partial charge in [0.2, 0.25) is 5.91 Å². The molecule has 2 rings (SSSR count). The number of carbonyl (C=O) groups is 2. The van der Waals surface area contributed by atoms with Crippen LogP contribution in [0, 0.1) is 0 Å². The van der Waals surface area contributed by atoms with Gasteiger partial charge >= 0.3 is 5.97 Å². The van der Waals surface area contributed by atoms with Crippen LogP contribution in [0.2, 0.25) is 0 Å². The van der Waals surface area contributed by atoms with Crippen molar-refractivity contribution in [3.63, 3.8) is 0 Å². The summed E-state index contributed by atoms with van der Waals surface area (Å²) in [5.41, 5.74) is 6.54. The maximum absolute atomic E-state index is 12.3. The molecule has 0 aliphatic rings. The van der Waals surface area contributed by atoms with Gasteiger partial charge in [0.25, 0.3) is 5.56 Å². The van der Waals surface area contributed by atoms with Crippen LogP contribution in [0.5, 0.6) is 0 Å². The first-order valence-electron chi connectivity index (χ1n) is 7.83. The highest BCUT2D eigenvalue weighted by Gasteiger charge is 2.25. The van der Waals surface area contributed by atoms with E-state index >= 15 is 0 Å². The van der Waals surface area contributed by atoms with Crippen LogP contribution in [-0.4, -0.2) is 34.9 Å². The number of amides is 1. The van der Waals surface area contributed by atoms with E-state index in [1.807, 2.05) is 30.5 Å². The number of nitrogens with two attached hydrogens (primary N) is 1. The third kappa shape index (κ3) is 4.76. The number of ether oxygens (including phenoxy) is 1. The quantitative estimate of drug-likeness (QED) is 0.486. The molecule has 4 N–H and O–H groups in total. The summed E-state index contributed by atoms with van der Waals surface area (Å²) >= 11 is 1.59. The molecule has 0 aliphatic heterocycles. The number of aromatic amines is 2. The number of hydrogen-bond donors (Lipinski definition) is 3. The Kier molecular flexibility index (Phi) is 6.46. The van der Waals surface area contributed by atoms with Crippen LogP contribution in [0.4, 0.5) is 0 Å². The number of benzene rings is 1. The van der Waals surface area contributed by atoms with Crippen molar-refractivity contribution in [3.05, 3.63) is 51.4 Å². The summed E-state index contributed by atoms with van der Waals surface area (Å²) in [6, 6.07) is 7.56. The number of H-pyrrole nitrogens is 2. The smallest absolute Gasteiger partial charge is 0.311 e. The van der Waals surface area contributed by atoms with Gasteiger partial charge in [-0.25, -0.2) is 0 Å². The van der Waals surface area contributed by atoms with Crippen molar-refractivity contribution in [1.29, 1.82) is 0 Å². The van der Waals surface area contributed by atoms with Crippen molar-refractivity contribution < 1.29 is 14.3 Å². The largest absolute Gasteiger partial charge is 0.466 e. The lowest BCUT2D eigenvalue weighted by Gasteiger charge is -2.16. The number of rotatable bonds is 8. The zero-order chi connectivity index (χ0) is 18.4. The molecule has 0 spiro atoms. The van der Waals surface area contributed by atoms with E-state index in [4.69, 9.17) is 10.5 Å². The molecule has 0 aliphatic carbocycles. The molecule has 134 valence electrons. The van der Waals surface area contributed by atoms with Crippen LogP contribution in [0.25, 0.3) is 0 Å². The topological polar surface area (TPSA) is 118 Å². The van der Waals surface area contributed by atoms with Crippen LogP contribution in [-0.2, 0) is 20.7 Å². The summed E-state index contributed by atoms with van der Waals surface area (Å²) in [4.78, 5) is 36.7. The van der Waals surface area contributed by atoms with Crippen molar-refractivity contribution in [2.45, 2.75) is 30.6 Å². The fraction of sp³-hybridized carbons (Fsp3) is 0.353. The van der Waals surface area contributed by atoms with Gasteiger partial charge in [0, 0.05) is 22.8 Å². The lowest BCUT2D eigenvalue weighted by molar-refractivity contribution is -0.142. The Morgan fingerprint density at radius 3 is 2.48 bits per heavy atom. The zero-order valence-electron chi connectivity index (χ0n) is 14.1. The molecule has 1 aromatic carbocycles. The van der Waals surface area contributed by atoms with Crippen molar-refractivity contribution in [1.82, 2.24) is 10.2 Å². The monoisotopic (exact) mass is 363 g/mol. The minimum Gasteiger partial charge on any atom is -0.466 e. The lowest BCUT2D eigenvalue weighted by atomic mass is 9.88. The molecule has 1 heterocycles. The van der Waals surface area contributed by atoms with Gasteiger partial charge in [0.1, 0.15) is 0 Å². The molecule has 1 atom stereocenters. The molecule has 2 aromatic rings. The third-order valence-electron chi connectivity index (χ3n) is 3.80. The van der Waals surface area contributed by atoms with E-state index in [-0.39, 0.29) is 25.0 Å². The zero-order valence-corrected chi connectivity index (χ0v) is 14.9. The molecule has 1 aromatic heterocycles. The fourth-order valence-electron chi connectivity index (χ4n) is 2.69. The Hall–Kier alpha value is -2.48. The first-order valence-corrected chi connectivity index (χ1v) is 9.06. The second kappa shape index (κ2) is 8.57. The number of aromatic nitrogens is 2. The number of carbonyl (C=O) groups excluding carboxylic acids is 2. The molecule has 0 bridgehead atoms. The van der Waals surface area contributed by atoms with Crippen LogP contribution >= 0.6 is 11.8 Å². The average Bonchev–Trinajstić information content (AvgIpc) is 2.93. The Morgan fingerprint density at radius 2 is 1.92 bits per heavy atom. The molecular formula is C17H21N3O4S. The summed E-state index contributed by atoms with van der Waals surface area (Å²) in [6.45, 7) is 1.96. The number of thioether (sulfide) groups is 1. The van der Waals surface area contributed by atoms with Gasteiger partial charge < -0.3 is 15.6 Å². The van der Waals surface area contributed by atoms with E-state index in [1.54, 1.807) is 18.7 Å². The highest BCUT2D eigenvalue weighted by molar-refractivity contribution is 7.98. The van der Waals surface area contributed by atoms with Gasteiger partial charge in [-0.15, -0.1) is 11.8 Å². The first-order chi connectivity index (χ1) is 12.0. The Morgan fingerprint density at radius 1 is 1.24 bits per heavy atom. The van der Waals surface area contributed by atoms with E-state index in [0.29, 0.717) is 11.3 Å². The van der Waals surface area contributed by atoms with E-state index in [0.717, 1.165) is 10.5 Å². The number of hydrogen-bond acceptors (Lipinski definition) is 5. The second-order valence-corrected chi connectivity index (χ2v) is 6.33.